The van der Waals surface area contributed by atoms with Gasteiger partial charge in [0.1, 0.15) is 18.0 Å². The number of rotatable bonds is 4. The Morgan fingerprint density at radius 1 is 1.24 bits per heavy atom. The number of hydrogen-bond donors (Lipinski definition) is 1. The molecule has 2 aromatic rings. The number of ether oxygens (including phenoxy) is 2. The number of hydrogen-bond acceptors (Lipinski definition) is 5. The fourth-order valence-electron chi connectivity index (χ4n) is 2.74. The van der Waals surface area contributed by atoms with Crippen LogP contribution in [0.1, 0.15) is 6.42 Å². The molecule has 3 atom stereocenters. The number of nitro groups is 1. The summed E-state index contributed by atoms with van der Waals surface area (Å²) >= 11 is 0. The lowest BCUT2D eigenvalue weighted by Gasteiger charge is -2.41. The quantitative estimate of drug-likeness (QED) is 0.688. The lowest BCUT2D eigenvalue weighted by molar-refractivity contribution is -0.383. The van der Waals surface area contributed by atoms with Gasteiger partial charge in [0, 0.05) is 31.0 Å². The zero-order valence-electron chi connectivity index (χ0n) is 11.6. The van der Waals surface area contributed by atoms with Crippen molar-refractivity contribution in [2.45, 2.75) is 24.7 Å². The topological polar surface area (TPSA) is 87.6 Å². The summed E-state index contributed by atoms with van der Waals surface area (Å²) in [5.41, 5.74) is 5.93. The minimum absolute atomic E-state index is 0.0238. The van der Waals surface area contributed by atoms with Crippen LogP contribution in [0.3, 0.4) is 0 Å². The van der Waals surface area contributed by atoms with Gasteiger partial charge in [0.25, 0.3) is 5.69 Å². The maximum atomic E-state index is 11.1. The van der Waals surface area contributed by atoms with Gasteiger partial charge < -0.3 is 15.2 Å². The molecule has 0 bridgehead atoms. The highest BCUT2D eigenvalue weighted by Crippen LogP contribution is 2.35. The van der Waals surface area contributed by atoms with Crippen LogP contribution in [0.15, 0.2) is 36.4 Å². The zero-order chi connectivity index (χ0) is 15.0. The summed E-state index contributed by atoms with van der Waals surface area (Å²) in [6.45, 7) is 0. The zero-order valence-corrected chi connectivity index (χ0v) is 11.6. The van der Waals surface area contributed by atoms with Gasteiger partial charge in [-0.2, -0.15) is 0 Å². The molecule has 1 aliphatic carbocycles. The van der Waals surface area contributed by atoms with Crippen LogP contribution in [0, 0.1) is 10.1 Å². The number of nitrogens with two attached hydrogens (primary N) is 1. The molecule has 0 radical (unpaired) electrons. The van der Waals surface area contributed by atoms with Crippen molar-refractivity contribution in [3.63, 3.8) is 0 Å². The molecular weight excluding hydrogens is 272 g/mol. The van der Waals surface area contributed by atoms with Crippen molar-refractivity contribution >= 4 is 16.5 Å². The summed E-state index contributed by atoms with van der Waals surface area (Å²) in [7, 11) is 1.61. The minimum Gasteiger partial charge on any atom is -0.487 e. The number of fused-ring (bicyclic) bond motifs is 1. The molecule has 0 amide bonds. The number of benzene rings is 2. The molecule has 6 heteroatoms. The van der Waals surface area contributed by atoms with E-state index in [0.717, 1.165) is 5.39 Å². The second kappa shape index (κ2) is 5.31. The molecule has 1 saturated carbocycles. The van der Waals surface area contributed by atoms with Crippen LogP contribution in [0.25, 0.3) is 10.8 Å². The molecule has 2 aromatic carbocycles. The maximum Gasteiger partial charge on any atom is 0.277 e. The summed E-state index contributed by atoms with van der Waals surface area (Å²) < 4.78 is 11.2. The first-order valence-electron chi connectivity index (χ1n) is 6.73. The van der Waals surface area contributed by atoms with Crippen molar-refractivity contribution < 1.29 is 14.4 Å². The predicted molar refractivity (Wildman–Crippen MR) is 78.4 cm³/mol. The van der Waals surface area contributed by atoms with Gasteiger partial charge in [-0.15, -0.1) is 0 Å². The Labute approximate surface area is 121 Å². The van der Waals surface area contributed by atoms with Gasteiger partial charge in [-0.25, -0.2) is 0 Å². The van der Waals surface area contributed by atoms with E-state index in [4.69, 9.17) is 15.2 Å². The molecule has 0 saturated heterocycles. The van der Waals surface area contributed by atoms with E-state index in [0.29, 0.717) is 17.6 Å². The van der Waals surface area contributed by atoms with E-state index in [-0.39, 0.29) is 28.9 Å². The van der Waals surface area contributed by atoms with Crippen molar-refractivity contribution in [1.29, 1.82) is 0 Å². The van der Waals surface area contributed by atoms with Crippen molar-refractivity contribution in [3.05, 3.63) is 46.5 Å². The Hall–Kier alpha value is -2.18. The molecule has 6 nitrogen and oxygen atoms in total. The molecule has 2 N–H and O–H groups in total. The van der Waals surface area contributed by atoms with Crippen LogP contribution < -0.4 is 10.5 Å². The standard InChI is InChI=1S/C15H16N2O4/c1-20-15-11(16)8-14(15)21-13-7-6-12(17(18)19)9-4-2-3-5-10(9)13/h2-7,11,14-15H,8,16H2,1H3. The third-order valence-corrected chi connectivity index (χ3v) is 3.90. The highest BCUT2D eigenvalue weighted by molar-refractivity contribution is 5.95. The average molecular weight is 288 g/mol. The van der Waals surface area contributed by atoms with Crippen molar-refractivity contribution in [2.24, 2.45) is 5.73 Å². The number of non-ortho nitro benzene ring substituents is 1. The minimum atomic E-state index is -0.386. The molecule has 1 aliphatic rings. The fourth-order valence-corrected chi connectivity index (χ4v) is 2.74. The van der Waals surface area contributed by atoms with Gasteiger partial charge >= 0.3 is 0 Å². The van der Waals surface area contributed by atoms with Gasteiger partial charge in [-0.3, -0.25) is 10.1 Å². The summed E-state index contributed by atoms with van der Waals surface area (Å²) in [6.07, 6.45) is 0.456. The summed E-state index contributed by atoms with van der Waals surface area (Å²) in [5, 5.41) is 12.4. The summed E-state index contributed by atoms with van der Waals surface area (Å²) in [4.78, 5) is 10.7. The highest BCUT2D eigenvalue weighted by Gasteiger charge is 2.41. The van der Waals surface area contributed by atoms with Crippen LogP contribution in [-0.4, -0.2) is 30.3 Å². The monoisotopic (exact) mass is 288 g/mol. The van der Waals surface area contributed by atoms with Crippen LogP contribution >= 0.6 is 0 Å². The molecule has 1 fully saturated rings. The van der Waals surface area contributed by atoms with Crippen LogP contribution in [0.2, 0.25) is 0 Å². The van der Waals surface area contributed by atoms with Crippen LogP contribution in [0.4, 0.5) is 5.69 Å². The van der Waals surface area contributed by atoms with Crippen molar-refractivity contribution in [1.82, 2.24) is 0 Å². The first-order chi connectivity index (χ1) is 10.1. The lowest BCUT2D eigenvalue weighted by Crippen LogP contribution is -2.59. The predicted octanol–water partition coefficient (Wildman–Crippen LogP) is 2.24. The molecule has 0 heterocycles. The van der Waals surface area contributed by atoms with Gasteiger partial charge in [-0.05, 0) is 12.1 Å². The van der Waals surface area contributed by atoms with E-state index in [1.54, 1.807) is 25.3 Å². The number of methoxy groups -OCH3 is 1. The van der Waals surface area contributed by atoms with Gasteiger partial charge in [0.05, 0.1) is 10.3 Å². The third-order valence-electron chi connectivity index (χ3n) is 3.90. The molecule has 0 aromatic heterocycles. The molecule has 0 aliphatic heterocycles. The van der Waals surface area contributed by atoms with Crippen LogP contribution in [0.5, 0.6) is 5.75 Å². The van der Waals surface area contributed by atoms with Crippen molar-refractivity contribution in [2.75, 3.05) is 7.11 Å². The van der Waals surface area contributed by atoms with E-state index in [1.807, 2.05) is 12.1 Å². The molecular formula is C15H16N2O4. The Balaban J connectivity index is 1.97. The largest absolute Gasteiger partial charge is 0.487 e. The van der Waals surface area contributed by atoms with E-state index in [1.165, 1.54) is 6.07 Å². The first kappa shape index (κ1) is 13.8. The second-order valence-corrected chi connectivity index (χ2v) is 5.14. The van der Waals surface area contributed by atoms with E-state index in [9.17, 15) is 10.1 Å². The van der Waals surface area contributed by atoms with E-state index < -0.39 is 0 Å². The van der Waals surface area contributed by atoms with E-state index in [2.05, 4.69) is 0 Å². The van der Waals surface area contributed by atoms with Gasteiger partial charge in [-0.1, -0.05) is 18.2 Å². The lowest BCUT2D eigenvalue weighted by atomic mass is 9.86. The molecule has 21 heavy (non-hydrogen) atoms. The first-order valence-corrected chi connectivity index (χ1v) is 6.73. The van der Waals surface area contributed by atoms with Gasteiger partial charge in [0.15, 0.2) is 0 Å². The molecule has 3 rings (SSSR count). The number of nitrogens with zero attached hydrogens (tertiary/aromatic N) is 1. The second-order valence-electron chi connectivity index (χ2n) is 5.14. The summed E-state index contributed by atoms with van der Waals surface area (Å²) in [5.74, 6) is 0.621. The normalized spacial score (nSPS) is 24.6. The average Bonchev–Trinajstić information content (AvgIpc) is 2.46. The third kappa shape index (κ3) is 2.32. The summed E-state index contributed by atoms with van der Waals surface area (Å²) in [6, 6.07) is 10.2. The molecule has 3 unspecified atom stereocenters. The Bertz CT molecular complexity index is 688. The smallest absolute Gasteiger partial charge is 0.277 e. The molecule has 110 valence electrons. The Morgan fingerprint density at radius 2 is 1.95 bits per heavy atom. The van der Waals surface area contributed by atoms with Crippen molar-refractivity contribution in [3.8, 4) is 5.75 Å². The molecule has 0 spiro atoms. The number of nitro benzene ring substituents is 1. The fraction of sp³-hybridized carbons (Fsp3) is 0.333. The highest BCUT2D eigenvalue weighted by atomic mass is 16.6. The maximum absolute atomic E-state index is 11.1. The van der Waals surface area contributed by atoms with Crippen LogP contribution in [-0.2, 0) is 4.74 Å². The van der Waals surface area contributed by atoms with E-state index >= 15 is 0 Å². The SMILES string of the molecule is COC1C(N)CC1Oc1ccc([N+](=O)[O-])c2ccccc12. The Kier molecular flexibility index (Phi) is 3.48. The Morgan fingerprint density at radius 3 is 2.57 bits per heavy atom. The van der Waals surface area contributed by atoms with Gasteiger partial charge in [0.2, 0.25) is 0 Å².